The van der Waals surface area contributed by atoms with Crippen molar-refractivity contribution in [2.75, 3.05) is 13.1 Å². The van der Waals surface area contributed by atoms with Gasteiger partial charge in [-0.2, -0.15) is 0 Å². The molecule has 0 fully saturated rings. The van der Waals surface area contributed by atoms with Crippen molar-refractivity contribution in [1.82, 2.24) is 10.6 Å². The van der Waals surface area contributed by atoms with Crippen LogP contribution in [0.3, 0.4) is 0 Å². The minimum Gasteiger partial charge on any atom is -0.354 e. The zero-order valence-corrected chi connectivity index (χ0v) is 11.3. The standard InChI is InChI=1S/C13H28N2O/c1-5-6-7-8-9-14-12(4)13(16)15-10-11(2)3/h11-12,14H,5-10H2,1-4H3,(H,15,16). The van der Waals surface area contributed by atoms with E-state index in [2.05, 4.69) is 31.4 Å². The average molecular weight is 228 g/mol. The van der Waals surface area contributed by atoms with Gasteiger partial charge in [0.05, 0.1) is 6.04 Å². The third-order valence-corrected chi connectivity index (χ3v) is 2.56. The number of hydrogen-bond donors (Lipinski definition) is 2. The van der Waals surface area contributed by atoms with Gasteiger partial charge in [-0.1, -0.05) is 40.0 Å². The number of amides is 1. The highest BCUT2D eigenvalue weighted by Crippen LogP contribution is 1.97. The van der Waals surface area contributed by atoms with Crippen LogP contribution in [-0.2, 0) is 4.79 Å². The fourth-order valence-corrected chi connectivity index (χ4v) is 1.42. The third kappa shape index (κ3) is 8.72. The first-order valence-electron chi connectivity index (χ1n) is 6.59. The number of hydrogen-bond acceptors (Lipinski definition) is 2. The van der Waals surface area contributed by atoms with Crippen LogP contribution in [0.1, 0.15) is 53.4 Å². The van der Waals surface area contributed by atoms with Crippen molar-refractivity contribution < 1.29 is 4.79 Å². The van der Waals surface area contributed by atoms with Crippen LogP contribution in [0, 0.1) is 5.92 Å². The number of carbonyl (C=O) groups excluding carboxylic acids is 1. The van der Waals surface area contributed by atoms with Crippen molar-refractivity contribution in [3.63, 3.8) is 0 Å². The first kappa shape index (κ1) is 15.4. The number of carbonyl (C=O) groups is 1. The molecule has 0 aromatic carbocycles. The molecule has 0 bridgehead atoms. The summed E-state index contributed by atoms with van der Waals surface area (Å²) < 4.78 is 0. The van der Waals surface area contributed by atoms with Crippen molar-refractivity contribution >= 4 is 5.91 Å². The van der Waals surface area contributed by atoms with E-state index in [0.29, 0.717) is 5.92 Å². The Labute approximate surface area is 100 Å². The Morgan fingerprint density at radius 1 is 1.12 bits per heavy atom. The highest BCUT2D eigenvalue weighted by Gasteiger charge is 2.11. The van der Waals surface area contributed by atoms with Gasteiger partial charge in [0.1, 0.15) is 0 Å². The van der Waals surface area contributed by atoms with E-state index in [9.17, 15) is 4.79 Å². The molecular weight excluding hydrogens is 200 g/mol. The molecule has 0 saturated carbocycles. The van der Waals surface area contributed by atoms with Crippen LogP contribution < -0.4 is 10.6 Å². The van der Waals surface area contributed by atoms with Gasteiger partial charge in [0, 0.05) is 6.54 Å². The van der Waals surface area contributed by atoms with Crippen molar-refractivity contribution in [1.29, 1.82) is 0 Å². The Morgan fingerprint density at radius 2 is 1.81 bits per heavy atom. The normalized spacial score (nSPS) is 12.8. The van der Waals surface area contributed by atoms with Crippen molar-refractivity contribution in [3.8, 4) is 0 Å². The number of nitrogens with one attached hydrogen (secondary N) is 2. The van der Waals surface area contributed by atoms with E-state index in [-0.39, 0.29) is 11.9 Å². The molecule has 2 N–H and O–H groups in total. The first-order valence-corrected chi connectivity index (χ1v) is 6.59. The van der Waals surface area contributed by atoms with Gasteiger partial charge in [0.2, 0.25) is 5.91 Å². The van der Waals surface area contributed by atoms with Crippen LogP contribution in [0.4, 0.5) is 0 Å². The van der Waals surface area contributed by atoms with Gasteiger partial charge in [0.15, 0.2) is 0 Å². The Balaban J connectivity index is 3.47. The summed E-state index contributed by atoms with van der Waals surface area (Å²) in [5.41, 5.74) is 0. The van der Waals surface area contributed by atoms with E-state index in [1.807, 2.05) is 6.92 Å². The second-order valence-electron chi connectivity index (χ2n) is 4.88. The minimum absolute atomic E-state index is 0.0691. The molecule has 0 spiro atoms. The van der Waals surface area contributed by atoms with Crippen LogP contribution in [0.5, 0.6) is 0 Å². The summed E-state index contributed by atoms with van der Waals surface area (Å²) in [6.07, 6.45) is 4.96. The molecular formula is C13H28N2O. The van der Waals surface area contributed by atoms with E-state index < -0.39 is 0 Å². The summed E-state index contributed by atoms with van der Waals surface area (Å²) >= 11 is 0. The second-order valence-corrected chi connectivity index (χ2v) is 4.88. The smallest absolute Gasteiger partial charge is 0.236 e. The van der Waals surface area contributed by atoms with E-state index in [4.69, 9.17) is 0 Å². The van der Waals surface area contributed by atoms with Crippen molar-refractivity contribution in [2.45, 2.75) is 59.4 Å². The maximum atomic E-state index is 11.6. The third-order valence-electron chi connectivity index (χ3n) is 2.56. The van der Waals surface area contributed by atoms with Crippen LogP contribution in [0.25, 0.3) is 0 Å². The molecule has 3 nitrogen and oxygen atoms in total. The summed E-state index contributed by atoms with van der Waals surface area (Å²) in [4.78, 5) is 11.6. The van der Waals surface area contributed by atoms with Gasteiger partial charge in [0.25, 0.3) is 0 Å². The number of unbranched alkanes of at least 4 members (excludes halogenated alkanes) is 3. The van der Waals surface area contributed by atoms with Crippen molar-refractivity contribution in [2.24, 2.45) is 5.92 Å². The summed E-state index contributed by atoms with van der Waals surface area (Å²) in [6, 6.07) is -0.0691. The Hall–Kier alpha value is -0.570. The fraction of sp³-hybridized carbons (Fsp3) is 0.923. The molecule has 0 aromatic heterocycles. The highest BCUT2D eigenvalue weighted by molar-refractivity contribution is 5.81. The molecule has 0 saturated heterocycles. The van der Waals surface area contributed by atoms with E-state index in [1.54, 1.807) is 0 Å². The number of rotatable bonds is 9. The molecule has 0 heterocycles. The minimum atomic E-state index is -0.0691. The molecule has 0 rings (SSSR count). The maximum Gasteiger partial charge on any atom is 0.236 e. The lowest BCUT2D eigenvalue weighted by Gasteiger charge is -2.15. The van der Waals surface area contributed by atoms with Crippen molar-refractivity contribution in [3.05, 3.63) is 0 Å². The molecule has 1 amide bonds. The lowest BCUT2D eigenvalue weighted by Crippen LogP contribution is -2.43. The average Bonchev–Trinajstić information content (AvgIpc) is 2.25. The van der Waals surface area contributed by atoms with Gasteiger partial charge < -0.3 is 10.6 Å². The summed E-state index contributed by atoms with van der Waals surface area (Å²) in [5.74, 6) is 0.630. The maximum absolute atomic E-state index is 11.6. The quantitative estimate of drug-likeness (QED) is 0.595. The van der Waals surface area contributed by atoms with Gasteiger partial charge >= 0.3 is 0 Å². The van der Waals surface area contributed by atoms with Gasteiger partial charge in [-0.3, -0.25) is 4.79 Å². The second kappa shape index (κ2) is 9.64. The van der Waals surface area contributed by atoms with E-state index >= 15 is 0 Å². The highest BCUT2D eigenvalue weighted by atomic mass is 16.2. The van der Waals surface area contributed by atoms with Crippen LogP contribution in [-0.4, -0.2) is 25.0 Å². The molecule has 16 heavy (non-hydrogen) atoms. The Morgan fingerprint density at radius 3 is 2.38 bits per heavy atom. The Bertz CT molecular complexity index is 181. The molecule has 0 aliphatic rings. The molecule has 0 aliphatic heterocycles. The SMILES string of the molecule is CCCCCCNC(C)C(=O)NCC(C)C. The predicted molar refractivity (Wildman–Crippen MR) is 69.5 cm³/mol. The topological polar surface area (TPSA) is 41.1 Å². The Kier molecular flexibility index (Phi) is 9.30. The summed E-state index contributed by atoms with van der Waals surface area (Å²) in [5, 5.41) is 6.19. The molecule has 0 aliphatic carbocycles. The molecule has 0 aromatic rings. The van der Waals surface area contributed by atoms with Crippen LogP contribution in [0.2, 0.25) is 0 Å². The van der Waals surface area contributed by atoms with Gasteiger partial charge in [-0.15, -0.1) is 0 Å². The fourth-order valence-electron chi connectivity index (χ4n) is 1.42. The van der Waals surface area contributed by atoms with E-state index in [0.717, 1.165) is 19.5 Å². The molecule has 3 heteroatoms. The molecule has 1 atom stereocenters. The summed E-state index contributed by atoms with van der Waals surface area (Å²) in [7, 11) is 0. The first-order chi connectivity index (χ1) is 7.57. The van der Waals surface area contributed by atoms with Crippen LogP contribution >= 0.6 is 0 Å². The molecule has 96 valence electrons. The summed E-state index contributed by atoms with van der Waals surface area (Å²) in [6.45, 7) is 10.0. The predicted octanol–water partition coefficient (Wildman–Crippen LogP) is 2.32. The van der Waals surface area contributed by atoms with E-state index in [1.165, 1.54) is 19.3 Å². The van der Waals surface area contributed by atoms with Gasteiger partial charge in [-0.25, -0.2) is 0 Å². The zero-order valence-electron chi connectivity index (χ0n) is 11.3. The zero-order chi connectivity index (χ0) is 12.4. The lowest BCUT2D eigenvalue weighted by atomic mass is 10.2. The largest absolute Gasteiger partial charge is 0.354 e. The molecule has 0 radical (unpaired) electrons. The van der Waals surface area contributed by atoms with Crippen LogP contribution in [0.15, 0.2) is 0 Å². The lowest BCUT2D eigenvalue weighted by molar-refractivity contribution is -0.122. The monoisotopic (exact) mass is 228 g/mol. The molecule has 1 unspecified atom stereocenters. The van der Waals surface area contributed by atoms with Gasteiger partial charge in [-0.05, 0) is 25.8 Å².